The van der Waals surface area contributed by atoms with Gasteiger partial charge in [-0.3, -0.25) is 4.98 Å². The standard InChI is InChI=1S/C16H22N2/c1-5-12(3)17-10-14-9-13(4)18-16-11(2)7-6-8-15(14)16/h6-9,12,17H,5,10H2,1-4H3. The molecule has 0 aliphatic rings. The summed E-state index contributed by atoms with van der Waals surface area (Å²) >= 11 is 0. The number of hydrogen-bond donors (Lipinski definition) is 1. The van der Waals surface area contributed by atoms with Crippen molar-refractivity contribution >= 4 is 10.9 Å². The highest BCUT2D eigenvalue weighted by atomic mass is 14.9. The molecule has 1 atom stereocenters. The average Bonchev–Trinajstić information content (AvgIpc) is 2.36. The number of aromatic nitrogens is 1. The number of nitrogens with one attached hydrogen (secondary N) is 1. The van der Waals surface area contributed by atoms with Crippen LogP contribution in [0.4, 0.5) is 0 Å². The first-order chi connectivity index (χ1) is 8.61. The van der Waals surface area contributed by atoms with Crippen LogP contribution in [0.3, 0.4) is 0 Å². The van der Waals surface area contributed by atoms with Crippen LogP contribution in [-0.2, 0) is 6.54 Å². The molecular formula is C16H22N2. The molecule has 1 unspecified atom stereocenters. The maximum Gasteiger partial charge on any atom is 0.0737 e. The lowest BCUT2D eigenvalue weighted by Crippen LogP contribution is -2.24. The predicted molar refractivity (Wildman–Crippen MR) is 77.8 cm³/mol. The van der Waals surface area contributed by atoms with Gasteiger partial charge in [-0.15, -0.1) is 0 Å². The van der Waals surface area contributed by atoms with E-state index in [-0.39, 0.29) is 0 Å². The molecule has 2 nitrogen and oxygen atoms in total. The van der Waals surface area contributed by atoms with Crippen molar-refractivity contribution in [1.82, 2.24) is 10.3 Å². The van der Waals surface area contributed by atoms with Crippen LogP contribution in [0.15, 0.2) is 24.3 Å². The van der Waals surface area contributed by atoms with Crippen molar-refractivity contribution in [2.75, 3.05) is 0 Å². The zero-order chi connectivity index (χ0) is 13.1. The molecule has 0 aliphatic carbocycles. The fraction of sp³-hybridized carbons (Fsp3) is 0.438. The van der Waals surface area contributed by atoms with E-state index in [9.17, 15) is 0 Å². The second kappa shape index (κ2) is 5.49. The van der Waals surface area contributed by atoms with Gasteiger partial charge in [0.15, 0.2) is 0 Å². The topological polar surface area (TPSA) is 24.9 Å². The van der Waals surface area contributed by atoms with E-state index in [0.29, 0.717) is 6.04 Å². The summed E-state index contributed by atoms with van der Waals surface area (Å²) in [5.41, 5.74) is 4.83. The number of pyridine rings is 1. The van der Waals surface area contributed by atoms with Crippen molar-refractivity contribution in [2.24, 2.45) is 0 Å². The van der Waals surface area contributed by atoms with Gasteiger partial charge in [0, 0.05) is 23.7 Å². The van der Waals surface area contributed by atoms with Crippen LogP contribution < -0.4 is 5.32 Å². The van der Waals surface area contributed by atoms with Gasteiger partial charge in [0.05, 0.1) is 5.52 Å². The molecule has 1 aromatic heterocycles. The molecule has 0 spiro atoms. The Balaban J connectivity index is 2.40. The number of nitrogens with zero attached hydrogens (tertiary/aromatic N) is 1. The maximum absolute atomic E-state index is 4.66. The van der Waals surface area contributed by atoms with Crippen LogP contribution in [0.2, 0.25) is 0 Å². The Morgan fingerprint density at radius 2 is 2.06 bits per heavy atom. The Morgan fingerprint density at radius 1 is 1.28 bits per heavy atom. The molecule has 0 saturated heterocycles. The van der Waals surface area contributed by atoms with Crippen LogP contribution in [0.25, 0.3) is 10.9 Å². The van der Waals surface area contributed by atoms with Crippen molar-refractivity contribution in [3.63, 3.8) is 0 Å². The minimum atomic E-state index is 0.554. The normalized spacial score (nSPS) is 12.9. The molecule has 96 valence electrons. The molecule has 0 aliphatic heterocycles. The molecule has 2 rings (SSSR count). The van der Waals surface area contributed by atoms with E-state index < -0.39 is 0 Å². The Morgan fingerprint density at radius 3 is 2.78 bits per heavy atom. The lowest BCUT2D eigenvalue weighted by molar-refractivity contribution is 0.535. The summed E-state index contributed by atoms with van der Waals surface area (Å²) in [5.74, 6) is 0. The first-order valence-electron chi connectivity index (χ1n) is 6.71. The van der Waals surface area contributed by atoms with E-state index in [1.54, 1.807) is 0 Å². The molecule has 0 amide bonds. The third kappa shape index (κ3) is 2.70. The molecule has 18 heavy (non-hydrogen) atoms. The van der Waals surface area contributed by atoms with E-state index >= 15 is 0 Å². The molecule has 0 fully saturated rings. The first-order valence-corrected chi connectivity index (χ1v) is 6.71. The van der Waals surface area contributed by atoms with E-state index in [2.05, 4.69) is 62.3 Å². The zero-order valence-electron chi connectivity index (χ0n) is 11.7. The predicted octanol–water partition coefficient (Wildman–Crippen LogP) is 3.74. The van der Waals surface area contributed by atoms with Gasteiger partial charge in [0.1, 0.15) is 0 Å². The number of rotatable bonds is 4. The van der Waals surface area contributed by atoms with E-state index in [1.165, 1.54) is 16.5 Å². The van der Waals surface area contributed by atoms with Gasteiger partial charge < -0.3 is 5.32 Å². The van der Waals surface area contributed by atoms with Crippen molar-refractivity contribution in [2.45, 2.75) is 46.7 Å². The van der Waals surface area contributed by atoms with Crippen LogP contribution in [0.5, 0.6) is 0 Å². The van der Waals surface area contributed by atoms with E-state index in [4.69, 9.17) is 0 Å². The van der Waals surface area contributed by atoms with Gasteiger partial charge in [-0.05, 0) is 44.4 Å². The Kier molecular flexibility index (Phi) is 3.97. The van der Waals surface area contributed by atoms with Crippen LogP contribution >= 0.6 is 0 Å². The Hall–Kier alpha value is -1.41. The van der Waals surface area contributed by atoms with E-state index in [1.807, 2.05) is 0 Å². The van der Waals surface area contributed by atoms with Gasteiger partial charge in [0.2, 0.25) is 0 Å². The summed E-state index contributed by atoms with van der Waals surface area (Å²) in [5, 5.41) is 4.83. The van der Waals surface area contributed by atoms with E-state index in [0.717, 1.165) is 24.2 Å². The second-order valence-corrected chi connectivity index (χ2v) is 5.08. The summed E-state index contributed by atoms with van der Waals surface area (Å²) in [6.45, 7) is 9.54. The second-order valence-electron chi connectivity index (χ2n) is 5.08. The number of aryl methyl sites for hydroxylation is 2. The third-order valence-corrected chi connectivity index (χ3v) is 3.51. The van der Waals surface area contributed by atoms with Crippen molar-refractivity contribution in [3.05, 3.63) is 41.1 Å². The fourth-order valence-electron chi connectivity index (χ4n) is 2.18. The summed E-state index contributed by atoms with van der Waals surface area (Å²) < 4.78 is 0. The highest BCUT2D eigenvalue weighted by Gasteiger charge is 2.06. The summed E-state index contributed by atoms with van der Waals surface area (Å²) in [6.07, 6.45) is 1.15. The zero-order valence-corrected chi connectivity index (χ0v) is 11.7. The quantitative estimate of drug-likeness (QED) is 0.883. The number of benzene rings is 1. The molecule has 0 bridgehead atoms. The smallest absolute Gasteiger partial charge is 0.0737 e. The number of para-hydroxylation sites is 1. The van der Waals surface area contributed by atoms with Gasteiger partial charge in [-0.2, -0.15) is 0 Å². The number of fused-ring (bicyclic) bond motifs is 1. The first kappa shape index (κ1) is 13.0. The van der Waals surface area contributed by atoms with Crippen LogP contribution in [0.1, 0.15) is 37.1 Å². The average molecular weight is 242 g/mol. The molecule has 1 aromatic carbocycles. The van der Waals surface area contributed by atoms with Gasteiger partial charge in [0.25, 0.3) is 0 Å². The van der Waals surface area contributed by atoms with Gasteiger partial charge in [-0.1, -0.05) is 25.1 Å². The number of hydrogen-bond acceptors (Lipinski definition) is 2. The monoisotopic (exact) mass is 242 g/mol. The molecule has 1 heterocycles. The largest absolute Gasteiger partial charge is 0.310 e. The summed E-state index contributed by atoms with van der Waals surface area (Å²) in [4.78, 5) is 4.66. The minimum absolute atomic E-state index is 0.554. The molecular weight excluding hydrogens is 220 g/mol. The Bertz CT molecular complexity index is 546. The SMILES string of the molecule is CCC(C)NCc1cc(C)nc2c(C)cccc12. The maximum atomic E-state index is 4.66. The van der Waals surface area contributed by atoms with Crippen molar-refractivity contribution in [1.29, 1.82) is 0 Å². The van der Waals surface area contributed by atoms with Crippen LogP contribution in [-0.4, -0.2) is 11.0 Å². The molecule has 2 aromatic rings. The molecule has 0 radical (unpaired) electrons. The summed E-state index contributed by atoms with van der Waals surface area (Å²) in [6, 6.07) is 9.15. The highest BCUT2D eigenvalue weighted by Crippen LogP contribution is 2.21. The third-order valence-electron chi connectivity index (χ3n) is 3.51. The van der Waals surface area contributed by atoms with Gasteiger partial charge in [-0.25, -0.2) is 0 Å². The molecule has 2 heteroatoms. The van der Waals surface area contributed by atoms with Crippen LogP contribution in [0, 0.1) is 13.8 Å². The Labute approximate surface area is 109 Å². The molecule has 0 saturated carbocycles. The van der Waals surface area contributed by atoms with Crippen molar-refractivity contribution < 1.29 is 0 Å². The summed E-state index contributed by atoms with van der Waals surface area (Å²) in [7, 11) is 0. The van der Waals surface area contributed by atoms with Gasteiger partial charge >= 0.3 is 0 Å². The highest BCUT2D eigenvalue weighted by molar-refractivity contribution is 5.85. The van der Waals surface area contributed by atoms with Crippen molar-refractivity contribution in [3.8, 4) is 0 Å². The lowest BCUT2D eigenvalue weighted by atomic mass is 10.0. The minimum Gasteiger partial charge on any atom is -0.310 e. The lowest BCUT2D eigenvalue weighted by Gasteiger charge is -2.14. The fourth-order valence-corrected chi connectivity index (χ4v) is 2.18. The molecule has 1 N–H and O–H groups in total.